The molecular formula is C16H17N3O2. The van der Waals surface area contributed by atoms with Crippen molar-refractivity contribution in [1.82, 2.24) is 15.3 Å². The van der Waals surface area contributed by atoms with Gasteiger partial charge in [0.05, 0.1) is 11.8 Å². The molecule has 0 saturated heterocycles. The molecule has 0 aliphatic heterocycles. The maximum absolute atomic E-state index is 11.7. The van der Waals surface area contributed by atoms with Crippen LogP contribution in [0.25, 0.3) is 6.08 Å². The van der Waals surface area contributed by atoms with Crippen LogP contribution in [0.1, 0.15) is 22.9 Å². The lowest BCUT2D eigenvalue weighted by atomic mass is 10.0. The number of nitrogens with one attached hydrogen (secondary N) is 1. The van der Waals surface area contributed by atoms with Crippen LogP contribution >= 0.6 is 0 Å². The number of aliphatic hydroxyl groups is 1. The van der Waals surface area contributed by atoms with Gasteiger partial charge in [0.1, 0.15) is 6.33 Å². The van der Waals surface area contributed by atoms with E-state index in [2.05, 4.69) is 15.3 Å². The van der Waals surface area contributed by atoms with Crippen molar-refractivity contribution < 1.29 is 9.90 Å². The number of aromatic nitrogens is 2. The van der Waals surface area contributed by atoms with Gasteiger partial charge < -0.3 is 10.4 Å². The number of hydrogen-bond donors (Lipinski definition) is 2. The minimum Gasteiger partial charge on any atom is -0.387 e. The summed E-state index contributed by atoms with van der Waals surface area (Å²) in [6.45, 7) is 2.09. The predicted octanol–water partition coefficient (Wildman–Crippen LogP) is 1.65. The molecule has 0 aliphatic carbocycles. The third-order valence-corrected chi connectivity index (χ3v) is 3.03. The molecule has 1 aromatic carbocycles. The molecule has 108 valence electrons. The van der Waals surface area contributed by atoms with Crippen molar-refractivity contribution in [3.05, 3.63) is 65.8 Å². The molecule has 0 saturated carbocycles. The van der Waals surface area contributed by atoms with Crippen LogP contribution in [-0.4, -0.2) is 27.5 Å². The summed E-state index contributed by atoms with van der Waals surface area (Å²) in [6, 6.07) is 9.25. The number of nitrogens with zero attached hydrogens (tertiary/aromatic N) is 2. The highest BCUT2D eigenvalue weighted by atomic mass is 16.3. The fourth-order valence-corrected chi connectivity index (χ4v) is 1.89. The number of aryl methyl sites for hydroxylation is 1. The third kappa shape index (κ3) is 4.50. The molecule has 0 spiro atoms. The fourth-order valence-electron chi connectivity index (χ4n) is 1.89. The molecule has 2 rings (SSSR count). The van der Waals surface area contributed by atoms with Gasteiger partial charge in [-0.25, -0.2) is 9.97 Å². The van der Waals surface area contributed by atoms with E-state index in [1.165, 1.54) is 12.4 Å². The van der Waals surface area contributed by atoms with Gasteiger partial charge in [-0.05, 0) is 30.2 Å². The average Bonchev–Trinajstić information content (AvgIpc) is 2.52. The van der Waals surface area contributed by atoms with Crippen LogP contribution in [-0.2, 0) is 4.79 Å². The standard InChI is InChI=1S/C16H17N3O2/c1-12-4-2-3-5-14(12)15(20)10-18-16(21)7-6-13-8-9-17-11-19-13/h2-9,11,15,20H,10H2,1H3,(H,18,21)/b7-6+. The molecule has 2 N–H and O–H groups in total. The molecule has 1 unspecified atom stereocenters. The van der Waals surface area contributed by atoms with Crippen molar-refractivity contribution in [1.29, 1.82) is 0 Å². The van der Waals surface area contributed by atoms with E-state index >= 15 is 0 Å². The number of benzene rings is 1. The molecule has 0 aliphatic rings. The number of rotatable bonds is 5. The molecule has 0 radical (unpaired) electrons. The number of hydrogen-bond acceptors (Lipinski definition) is 4. The first-order chi connectivity index (χ1) is 10.2. The lowest BCUT2D eigenvalue weighted by Crippen LogP contribution is -2.27. The third-order valence-electron chi connectivity index (χ3n) is 3.03. The van der Waals surface area contributed by atoms with Crippen molar-refractivity contribution in [2.75, 3.05) is 6.54 Å². The van der Waals surface area contributed by atoms with Gasteiger partial charge in [-0.1, -0.05) is 24.3 Å². The second-order valence-electron chi connectivity index (χ2n) is 4.59. The molecule has 2 aromatic rings. The summed E-state index contributed by atoms with van der Waals surface area (Å²) in [6.07, 6.45) is 5.28. The second kappa shape index (κ2) is 7.31. The van der Waals surface area contributed by atoms with E-state index < -0.39 is 6.10 Å². The normalized spacial score (nSPS) is 12.3. The van der Waals surface area contributed by atoms with Crippen LogP contribution in [0.2, 0.25) is 0 Å². The monoisotopic (exact) mass is 283 g/mol. The fraction of sp³-hybridized carbons (Fsp3) is 0.188. The van der Waals surface area contributed by atoms with Crippen molar-refractivity contribution >= 4 is 12.0 Å². The maximum Gasteiger partial charge on any atom is 0.244 e. The van der Waals surface area contributed by atoms with Crippen LogP contribution in [0.3, 0.4) is 0 Å². The number of amides is 1. The minimum absolute atomic E-state index is 0.164. The van der Waals surface area contributed by atoms with E-state index in [1.54, 1.807) is 18.3 Å². The SMILES string of the molecule is Cc1ccccc1C(O)CNC(=O)/C=C/c1ccncn1. The average molecular weight is 283 g/mol. The van der Waals surface area contributed by atoms with Gasteiger partial charge in [0.25, 0.3) is 0 Å². The van der Waals surface area contributed by atoms with E-state index in [9.17, 15) is 9.90 Å². The lowest BCUT2D eigenvalue weighted by Gasteiger charge is -2.13. The van der Waals surface area contributed by atoms with E-state index in [0.29, 0.717) is 5.69 Å². The molecule has 0 bridgehead atoms. The highest BCUT2D eigenvalue weighted by molar-refractivity contribution is 5.91. The number of carbonyl (C=O) groups excluding carboxylic acids is 1. The molecule has 1 aromatic heterocycles. The smallest absolute Gasteiger partial charge is 0.244 e. The van der Waals surface area contributed by atoms with Crippen LogP contribution in [0.5, 0.6) is 0 Å². The molecule has 21 heavy (non-hydrogen) atoms. The molecule has 5 nitrogen and oxygen atoms in total. The highest BCUT2D eigenvalue weighted by Crippen LogP contribution is 2.16. The van der Waals surface area contributed by atoms with Crippen LogP contribution in [0, 0.1) is 6.92 Å². The summed E-state index contributed by atoms with van der Waals surface area (Å²) >= 11 is 0. The Labute approximate surface area is 123 Å². The van der Waals surface area contributed by atoms with Crippen molar-refractivity contribution in [3.8, 4) is 0 Å². The van der Waals surface area contributed by atoms with Crippen LogP contribution in [0.4, 0.5) is 0 Å². The zero-order chi connectivity index (χ0) is 15.1. The first kappa shape index (κ1) is 14.9. The van der Waals surface area contributed by atoms with Gasteiger partial charge >= 0.3 is 0 Å². The minimum atomic E-state index is -0.720. The van der Waals surface area contributed by atoms with E-state index in [1.807, 2.05) is 31.2 Å². The number of carbonyl (C=O) groups is 1. The molecular weight excluding hydrogens is 266 g/mol. The first-order valence-electron chi connectivity index (χ1n) is 6.62. The Morgan fingerprint density at radius 2 is 2.19 bits per heavy atom. The zero-order valence-electron chi connectivity index (χ0n) is 11.7. The summed E-state index contributed by atoms with van der Waals surface area (Å²) in [5.41, 5.74) is 2.47. The Bertz CT molecular complexity index is 626. The van der Waals surface area contributed by atoms with Gasteiger partial charge in [-0.2, -0.15) is 0 Å². The highest BCUT2D eigenvalue weighted by Gasteiger charge is 2.10. The first-order valence-corrected chi connectivity index (χ1v) is 6.62. The Kier molecular flexibility index (Phi) is 5.17. The maximum atomic E-state index is 11.7. The summed E-state index contributed by atoms with van der Waals surface area (Å²) < 4.78 is 0. The molecule has 5 heteroatoms. The summed E-state index contributed by atoms with van der Waals surface area (Å²) in [7, 11) is 0. The van der Waals surface area contributed by atoms with Gasteiger partial charge in [0.15, 0.2) is 0 Å². The summed E-state index contributed by atoms with van der Waals surface area (Å²) in [4.78, 5) is 19.5. The molecule has 1 amide bonds. The largest absolute Gasteiger partial charge is 0.387 e. The van der Waals surface area contributed by atoms with Crippen molar-refractivity contribution in [2.24, 2.45) is 0 Å². The Morgan fingerprint density at radius 1 is 1.38 bits per heavy atom. The van der Waals surface area contributed by atoms with Crippen LogP contribution in [0.15, 0.2) is 48.9 Å². The van der Waals surface area contributed by atoms with Crippen molar-refractivity contribution in [2.45, 2.75) is 13.0 Å². The Morgan fingerprint density at radius 3 is 2.90 bits per heavy atom. The number of aliphatic hydroxyl groups excluding tert-OH is 1. The van der Waals surface area contributed by atoms with Gasteiger partial charge in [-0.15, -0.1) is 0 Å². The molecule has 1 heterocycles. The van der Waals surface area contributed by atoms with Crippen LogP contribution < -0.4 is 5.32 Å². The van der Waals surface area contributed by atoms with E-state index in [0.717, 1.165) is 11.1 Å². The topological polar surface area (TPSA) is 75.1 Å². The Balaban J connectivity index is 1.87. The van der Waals surface area contributed by atoms with E-state index in [-0.39, 0.29) is 12.5 Å². The quantitative estimate of drug-likeness (QED) is 0.818. The van der Waals surface area contributed by atoms with E-state index in [4.69, 9.17) is 0 Å². The molecule has 1 atom stereocenters. The molecule has 0 fully saturated rings. The summed E-state index contributed by atoms with van der Waals surface area (Å²) in [5, 5.41) is 12.7. The Hall–Kier alpha value is -2.53. The van der Waals surface area contributed by atoms with Crippen molar-refractivity contribution in [3.63, 3.8) is 0 Å². The van der Waals surface area contributed by atoms with Gasteiger partial charge in [0, 0.05) is 18.8 Å². The lowest BCUT2D eigenvalue weighted by molar-refractivity contribution is -0.116. The summed E-state index contributed by atoms with van der Waals surface area (Å²) in [5.74, 6) is -0.277. The second-order valence-corrected chi connectivity index (χ2v) is 4.59. The zero-order valence-corrected chi connectivity index (χ0v) is 11.7. The van der Waals surface area contributed by atoms with Gasteiger partial charge in [0.2, 0.25) is 5.91 Å². The predicted molar refractivity (Wildman–Crippen MR) is 80.2 cm³/mol. The van der Waals surface area contributed by atoms with Gasteiger partial charge in [-0.3, -0.25) is 4.79 Å².